The number of hydrogen-bond donors (Lipinski definition) is 1. The number of halogens is 4. The van der Waals surface area contributed by atoms with Gasteiger partial charge in [0, 0.05) is 87.2 Å². The molecule has 17 heteroatoms. The number of aliphatic hydroxyl groups excluding tert-OH is 1. The van der Waals surface area contributed by atoms with Crippen LogP contribution in [0.25, 0.3) is 0 Å². The summed E-state index contributed by atoms with van der Waals surface area (Å²) in [7, 11) is 16.7. The van der Waals surface area contributed by atoms with Crippen LogP contribution in [0.2, 0.25) is 0 Å². The number of allylic oxidation sites excluding steroid dienone is 2. The molecule has 0 aliphatic rings. The molecule has 0 unspecified atom stereocenters. The molecule has 12 nitrogen and oxygen atoms in total. The minimum atomic E-state index is -0.931. The number of ether oxygens (including phenoxy) is 9. The molecule has 1 N–H and O–H groups in total. The molecule has 0 fully saturated rings. The van der Waals surface area contributed by atoms with Crippen LogP contribution < -0.4 is 4.90 Å². The number of hydrogen-bond acceptors (Lipinski definition) is 12. The standard InChI is InChI=1S/C19H38O4.C14H28O3.C10H15N.C9H20O2.C5H11ClO.C2H3ClO.2ClH.Zn/c1-4-5-16-22-18-23-17-14-12-10-8-6-7-9-11-13-15-19(20-2)21-3;1-16-14(17-2)12-10-8-6-4-3-5-7-9-11-13-15;1-3-11(4-2)10-8-6-5-7-9-10;1-3-5-7-10-9-11-8-6-4-2;1-2-3-4-7-5-6;1-2(3)4;;;/h10,12,19H,4-9,11,13-18H2,1-3H3;7,9,14-15H,3-6,8,10-13H2,1-2H3;5-9H,3-4H2,1-2H3;3-9H2,1-2H3;2-5H2,1H3;1H3;2*1H;/q;;;;;;;;+2/p-2/b12-10-;9-7-;;;;;;;. The minimum absolute atomic E-state index is 0.0304. The summed E-state index contributed by atoms with van der Waals surface area (Å²) in [6.45, 7) is 21.6. The Morgan fingerprint density at radius 1 is 0.526 bits per heavy atom. The van der Waals surface area contributed by atoms with E-state index >= 15 is 0 Å². The number of para-hydroxylation sites is 1. The summed E-state index contributed by atoms with van der Waals surface area (Å²) in [6, 6.07) is 10.8. The zero-order chi connectivity index (χ0) is 58.1. The SMILES string of the molecule is CC(=O)Cl.CCCCOCCl.CCCCOCOCC/C=C\CCCCCCCC(OC)OC.CCCCOCOCCCC.CCN(CC)c1ccccc1.COC(CCCCCCC/C=C\CCO)OC.[Cl][Zn][Cl]. The number of unbranched alkanes of at least 4 members (excludes halogenated alkanes) is 14. The Morgan fingerprint density at radius 3 is 1.20 bits per heavy atom. The van der Waals surface area contributed by atoms with E-state index in [0.717, 1.165) is 104 Å². The number of benzene rings is 1. The summed E-state index contributed by atoms with van der Waals surface area (Å²) in [5.41, 5.74) is 1.32. The van der Waals surface area contributed by atoms with Crippen molar-refractivity contribution >= 4 is 53.5 Å². The zero-order valence-electron chi connectivity index (χ0n) is 50.3. The normalized spacial score (nSPS) is 10.4. The second kappa shape index (κ2) is 85.8. The van der Waals surface area contributed by atoms with E-state index in [2.05, 4.69) is 107 Å². The van der Waals surface area contributed by atoms with Crippen LogP contribution in [0.1, 0.15) is 203 Å². The fourth-order valence-electron chi connectivity index (χ4n) is 6.19. The van der Waals surface area contributed by atoms with E-state index in [1.807, 2.05) is 6.07 Å². The predicted octanol–water partition coefficient (Wildman–Crippen LogP) is 17.6. The van der Waals surface area contributed by atoms with Crippen molar-refractivity contribution in [1.29, 1.82) is 0 Å². The van der Waals surface area contributed by atoms with Gasteiger partial charge in [0.25, 0.3) is 0 Å². The van der Waals surface area contributed by atoms with Gasteiger partial charge in [0.2, 0.25) is 5.24 Å². The number of anilines is 1. The number of aliphatic hydroxyl groups is 1. The summed E-state index contributed by atoms with van der Waals surface area (Å²) < 4.78 is 46.6. The molecule has 452 valence electrons. The summed E-state index contributed by atoms with van der Waals surface area (Å²) in [5, 5.41) is 8.22. The van der Waals surface area contributed by atoms with Crippen molar-refractivity contribution in [2.24, 2.45) is 0 Å². The Labute approximate surface area is 493 Å². The van der Waals surface area contributed by atoms with E-state index in [-0.39, 0.29) is 24.4 Å². The zero-order valence-corrected chi connectivity index (χ0v) is 56.3. The fourth-order valence-corrected chi connectivity index (χ4v) is 6.30. The molecule has 0 amide bonds. The van der Waals surface area contributed by atoms with Gasteiger partial charge in [-0.05, 0) is 127 Å². The Morgan fingerprint density at radius 2 is 0.855 bits per heavy atom. The van der Waals surface area contributed by atoms with Crippen LogP contribution in [0.4, 0.5) is 5.69 Å². The maximum atomic E-state index is 9.21. The quantitative estimate of drug-likeness (QED) is 0.0167. The molecule has 0 aromatic heterocycles. The first-order chi connectivity index (χ1) is 37.0. The molecule has 0 saturated carbocycles. The maximum absolute atomic E-state index is 9.21. The number of nitrogens with zero attached hydrogens (tertiary/aromatic N) is 1. The van der Waals surface area contributed by atoms with Crippen LogP contribution >= 0.6 is 42.6 Å². The molecule has 0 heterocycles. The van der Waals surface area contributed by atoms with E-state index in [4.69, 9.17) is 78.7 Å². The Bertz CT molecular complexity index is 1160. The predicted molar refractivity (Wildman–Crippen MR) is 323 cm³/mol. The first kappa shape index (κ1) is 86.8. The van der Waals surface area contributed by atoms with E-state index < -0.39 is 15.1 Å². The molecule has 0 saturated heterocycles. The molecule has 0 aliphatic carbocycles. The number of rotatable bonds is 45. The Kier molecular flexibility index (Phi) is 98.0. The Hall–Kier alpha value is -0.447. The van der Waals surface area contributed by atoms with Crippen molar-refractivity contribution in [3.8, 4) is 0 Å². The van der Waals surface area contributed by atoms with E-state index in [1.54, 1.807) is 28.4 Å². The molecular formula is C59H115Cl4NO11Zn. The van der Waals surface area contributed by atoms with Gasteiger partial charge in [0.15, 0.2) is 12.6 Å². The topological polar surface area (TPSA) is 124 Å². The van der Waals surface area contributed by atoms with Crippen LogP contribution in [0.15, 0.2) is 54.6 Å². The van der Waals surface area contributed by atoms with Gasteiger partial charge < -0.3 is 52.6 Å². The molecule has 0 radical (unpaired) electrons. The van der Waals surface area contributed by atoms with Gasteiger partial charge in [-0.15, -0.1) is 0 Å². The van der Waals surface area contributed by atoms with Crippen LogP contribution in [0.3, 0.4) is 0 Å². The van der Waals surface area contributed by atoms with Gasteiger partial charge in [-0.25, -0.2) is 0 Å². The van der Waals surface area contributed by atoms with Crippen LogP contribution in [-0.4, -0.2) is 124 Å². The van der Waals surface area contributed by atoms with Gasteiger partial charge in [0.05, 0.1) is 6.61 Å². The summed E-state index contributed by atoms with van der Waals surface area (Å²) in [5.74, 6) is 0. The third-order valence-corrected chi connectivity index (χ3v) is 10.7. The number of alkyl halides is 1. The van der Waals surface area contributed by atoms with Gasteiger partial charge in [-0.2, -0.15) is 0 Å². The molecule has 0 aliphatic heterocycles. The van der Waals surface area contributed by atoms with Gasteiger partial charge in [0.1, 0.15) is 19.7 Å². The second-order valence-electron chi connectivity index (χ2n) is 17.1. The molecule has 1 aromatic rings. The van der Waals surface area contributed by atoms with Crippen molar-refractivity contribution in [1.82, 2.24) is 0 Å². The summed E-state index contributed by atoms with van der Waals surface area (Å²) in [4.78, 5) is 11.5. The monoisotopic (exact) mass is 1220 g/mol. The first-order valence-electron chi connectivity index (χ1n) is 28.6. The van der Waals surface area contributed by atoms with Crippen molar-refractivity contribution in [3.05, 3.63) is 54.6 Å². The van der Waals surface area contributed by atoms with Crippen molar-refractivity contribution in [3.63, 3.8) is 0 Å². The molecule has 76 heavy (non-hydrogen) atoms. The third-order valence-electron chi connectivity index (χ3n) is 10.6. The average Bonchev–Trinajstić information content (AvgIpc) is 3.42. The second-order valence-corrected chi connectivity index (χ2v) is 22.5. The Balaban J connectivity index is -0.000000204. The van der Waals surface area contributed by atoms with Crippen molar-refractivity contribution in [2.45, 2.75) is 215 Å². The van der Waals surface area contributed by atoms with Crippen LogP contribution in [-0.2, 0) is 62.6 Å². The summed E-state index contributed by atoms with van der Waals surface area (Å²) >= 11 is 8.92. The number of carbonyl (C=O) groups excluding carboxylic acids is 1. The molecule has 1 aromatic carbocycles. The van der Waals surface area contributed by atoms with E-state index in [0.29, 0.717) is 19.7 Å². The summed E-state index contributed by atoms with van der Waals surface area (Å²) in [6.07, 6.45) is 36.5. The molecule has 0 spiro atoms. The van der Waals surface area contributed by atoms with Gasteiger partial charge >= 0.3 is 34.5 Å². The van der Waals surface area contributed by atoms with Gasteiger partial charge in [-0.1, -0.05) is 146 Å². The van der Waals surface area contributed by atoms with E-state index in [9.17, 15) is 4.79 Å². The van der Waals surface area contributed by atoms with Crippen LogP contribution in [0, 0.1) is 0 Å². The average molecular weight is 1220 g/mol. The van der Waals surface area contributed by atoms with Crippen molar-refractivity contribution in [2.75, 3.05) is 106 Å². The number of carbonyl (C=O) groups is 1. The molecule has 0 bridgehead atoms. The third kappa shape index (κ3) is 90.1. The molecular weight excluding hydrogens is 1110 g/mol. The van der Waals surface area contributed by atoms with Gasteiger partial charge in [-0.3, -0.25) is 4.79 Å². The van der Waals surface area contributed by atoms with Crippen molar-refractivity contribution < 1.29 is 67.7 Å². The molecule has 0 atom stereocenters. The molecule has 1 rings (SSSR count). The van der Waals surface area contributed by atoms with E-state index in [1.165, 1.54) is 109 Å². The number of methoxy groups -OCH3 is 4. The fraction of sp³-hybridized carbons (Fsp3) is 0.814. The van der Waals surface area contributed by atoms with Crippen LogP contribution in [0.5, 0.6) is 0 Å². The first-order valence-corrected chi connectivity index (χ1v) is 37.3.